The van der Waals surface area contributed by atoms with E-state index in [1.54, 1.807) is 11.3 Å². The molecule has 1 saturated carbocycles. The number of fused-ring (bicyclic) bond motifs is 2. The molecule has 3 atom stereocenters. The van der Waals surface area contributed by atoms with Crippen LogP contribution in [-0.2, 0) is 22.5 Å². The van der Waals surface area contributed by atoms with Gasteiger partial charge in [0, 0.05) is 18.9 Å². The van der Waals surface area contributed by atoms with Gasteiger partial charge in [-0.1, -0.05) is 53.8 Å². The Labute approximate surface area is 153 Å². The number of allylic oxidation sites excluding steroid dienone is 2. The second-order valence-corrected chi connectivity index (χ2v) is 8.09. The Bertz CT molecular complexity index is 780. The van der Waals surface area contributed by atoms with Crippen molar-refractivity contribution in [1.29, 1.82) is 0 Å². The van der Waals surface area contributed by atoms with Gasteiger partial charge in [0.25, 0.3) is 0 Å². The lowest BCUT2D eigenvalue weighted by Crippen LogP contribution is -2.35. The van der Waals surface area contributed by atoms with Crippen LogP contribution in [0.25, 0.3) is 0 Å². The molecule has 1 aromatic carbocycles. The predicted octanol–water partition coefficient (Wildman–Crippen LogP) is 3.69. The Kier molecular flexibility index (Phi) is 4.71. The van der Waals surface area contributed by atoms with Gasteiger partial charge >= 0.3 is 5.97 Å². The lowest BCUT2D eigenvalue weighted by atomic mass is 9.94. The maximum atomic E-state index is 12.3. The van der Waals surface area contributed by atoms with E-state index in [9.17, 15) is 4.79 Å². The molecule has 25 heavy (non-hydrogen) atoms. The summed E-state index contributed by atoms with van der Waals surface area (Å²) >= 11 is 1.75. The van der Waals surface area contributed by atoms with Crippen molar-refractivity contribution in [3.8, 4) is 0 Å². The molecular weight excluding hydrogens is 330 g/mol. The monoisotopic (exact) mass is 354 g/mol. The minimum Gasteiger partial charge on any atom is -0.465 e. The van der Waals surface area contributed by atoms with Gasteiger partial charge in [-0.2, -0.15) is 4.57 Å². The summed E-state index contributed by atoms with van der Waals surface area (Å²) in [6.45, 7) is 3.53. The van der Waals surface area contributed by atoms with E-state index in [0.717, 1.165) is 25.8 Å². The van der Waals surface area contributed by atoms with Crippen LogP contribution in [0.3, 0.4) is 0 Å². The molecule has 2 aliphatic carbocycles. The summed E-state index contributed by atoms with van der Waals surface area (Å²) in [7, 11) is 0. The second-order valence-electron chi connectivity index (χ2n) is 7.15. The second kappa shape index (κ2) is 7.12. The number of carbonyl (C=O) groups excluding carboxylic acids is 1. The molecule has 2 bridgehead atoms. The lowest BCUT2D eigenvalue weighted by Gasteiger charge is -2.16. The van der Waals surface area contributed by atoms with E-state index in [0.29, 0.717) is 18.4 Å². The Morgan fingerprint density at radius 3 is 2.80 bits per heavy atom. The first kappa shape index (κ1) is 16.5. The first-order valence-electron chi connectivity index (χ1n) is 9.06. The molecule has 0 spiro atoms. The summed E-state index contributed by atoms with van der Waals surface area (Å²) in [6.07, 6.45) is 7.39. The Hall–Kier alpha value is -1.94. The molecule has 0 aliphatic heterocycles. The third kappa shape index (κ3) is 3.54. The Morgan fingerprint density at radius 1 is 1.24 bits per heavy atom. The zero-order chi connectivity index (χ0) is 17.2. The average Bonchev–Trinajstić information content (AvgIpc) is 3.34. The highest BCUT2D eigenvalue weighted by Gasteiger charge is 2.40. The molecule has 1 aromatic heterocycles. The Balaban J connectivity index is 1.30. The zero-order valence-electron chi connectivity index (χ0n) is 14.6. The highest BCUT2D eigenvalue weighted by Crippen LogP contribution is 2.43. The molecule has 130 valence electrons. The van der Waals surface area contributed by atoms with E-state index in [4.69, 9.17) is 4.74 Å². The molecule has 0 unspecified atom stereocenters. The maximum absolute atomic E-state index is 12.3. The lowest BCUT2D eigenvalue weighted by molar-refractivity contribution is -0.689. The van der Waals surface area contributed by atoms with E-state index in [1.807, 2.05) is 6.07 Å². The van der Waals surface area contributed by atoms with Crippen LogP contribution < -0.4 is 4.57 Å². The number of esters is 1. The van der Waals surface area contributed by atoms with Crippen LogP contribution in [0.15, 0.2) is 48.0 Å². The van der Waals surface area contributed by atoms with Crippen LogP contribution in [0.1, 0.15) is 29.0 Å². The summed E-state index contributed by atoms with van der Waals surface area (Å²) in [5, 5.41) is 0. The number of nitrogens with zero attached hydrogens (tertiary/aromatic N) is 1. The van der Waals surface area contributed by atoms with Crippen molar-refractivity contribution in [2.75, 3.05) is 6.61 Å². The van der Waals surface area contributed by atoms with E-state index in [2.05, 4.69) is 53.4 Å². The number of carbonyl (C=O) groups is 1. The minimum absolute atomic E-state index is 0.00298. The van der Waals surface area contributed by atoms with E-state index >= 15 is 0 Å². The normalized spacial score (nSPS) is 24.0. The van der Waals surface area contributed by atoms with Gasteiger partial charge in [-0.25, -0.2) is 0 Å². The summed E-state index contributed by atoms with van der Waals surface area (Å²) in [5.74, 6) is 1.14. The quantitative estimate of drug-likeness (QED) is 0.450. The van der Waals surface area contributed by atoms with Crippen molar-refractivity contribution >= 4 is 17.3 Å². The van der Waals surface area contributed by atoms with Gasteiger partial charge in [-0.3, -0.25) is 4.79 Å². The van der Waals surface area contributed by atoms with Crippen molar-refractivity contribution < 1.29 is 14.1 Å². The van der Waals surface area contributed by atoms with E-state index in [-0.39, 0.29) is 11.9 Å². The van der Waals surface area contributed by atoms with Crippen molar-refractivity contribution in [2.45, 2.75) is 32.7 Å². The van der Waals surface area contributed by atoms with Gasteiger partial charge in [-0.05, 0) is 24.7 Å². The molecule has 1 fully saturated rings. The maximum Gasteiger partial charge on any atom is 0.309 e. The highest BCUT2D eigenvalue weighted by atomic mass is 32.1. The summed E-state index contributed by atoms with van der Waals surface area (Å²) in [4.78, 5) is 13.6. The molecule has 2 aromatic rings. The molecule has 4 rings (SSSR count). The van der Waals surface area contributed by atoms with Gasteiger partial charge in [0.05, 0.1) is 17.4 Å². The Morgan fingerprint density at radius 2 is 2.08 bits per heavy atom. The molecule has 4 heteroatoms. The van der Waals surface area contributed by atoms with E-state index < -0.39 is 0 Å². The van der Waals surface area contributed by atoms with Crippen LogP contribution in [0.5, 0.6) is 0 Å². The fourth-order valence-corrected chi connectivity index (χ4v) is 5.01. The van der Waals surface area contributed by atoms with Gasteiger partial charge in [0.2, 0.25) is 5.51 Å². The van der Waals surface area contributed by atoms with Crippen LogP contribution >= 0.6 is 11.3 Å². The molecule has 0 saturated heterocycles. The molecule has 2 aliphatic rings. The average molecular weight is 354 g/mol. The third-order valence-corrected chi connectivity index (χ3v) is 6.65. The van der Waals surface area contributed by atoms with Crippen LogP contribution in [0, 0.1) is 24.7 Å². The molecule has 0 amide bonds. The fraction of sp³-hybridized carbons (Fsp3) is 0.429. The summed E-state index contributed by atoms with van der Waals surface area (Å²) < 4.78 is 7.87. The zero-order valence-corrected chi connectivity index (χ0v) is 15.4. The van der Waals surface area contributed by atoms with Crippen LogP contribution in [-0.4, -0.2) is 12.6 Å². The first-order chi connectivity index (χ1) is 12.2. The number of benzene rings is 1. The fourth-order valence-electron chi connectivity index (χ4n) is 4.03. The number of hydrogen-bond donors (Lipinski definition) is 0. The molecule has 0 radical (unpaired) electrons. The number of aromatic nitrogens is 1. The number of rotatable bonds is 6. The van der Waals surface area contributed by atoms with Crippen LogP contribution in [0.2, 0.25) is 0 Å². The van der Waals surface area contributed by atoms with Crippen molar-refractivity contribution in [2.24, 2.45) is 17.8 Å². The van der Waals surface area contributed by atoms with Gasteiger partial charge in [0.1, 0.15) is 0 Å². The van der Waals surface area contributed by atoms with E-state index in [1.165, 1.54) is 16.1 Å². The van der Waals surface area contributed by atoms with Crippen molar-refractivity contribution in [1.82, 2.24) is 0 Å². The largest absolute Gasteiger partial charge is 0.465 e. The first-order valence-corrected chi connectivity index (χ1v) is 9.94. The molecular formula is C21H24NO2S+. The number of hydrogen-bond acceptors (Lipinski definition) is 3. The molecule has 3 nitrogen and oxygen atoms in total. The summed E-state index contributed by atoms with van der Waals surface area (Å²) in [5.41, 5.74) is 4.74. The van der Waals surface area contributed by atoms with Crippen molar-refractivity contribution in [3.63, 3.8) is 0 Å². The van der Waals surface area contributed by atoms with Crippen molar-refractivity contribution in [3.05, 3.63) is 64.1 Å². The number of thiazole rings is 1. The minimum atomic E-state index is 0.00298. The number of ether oxygens (including phenoxy) is 1. The van der Waals surface area contributed by atoms with Gasteiger partial charge in [-0.15, -0.1) is 0 Å². The topological polar surface area (TPSA) is 30.2 Å². The standard InChI is InChI=1S/C21H24NO2S/c1-15-20(25-14-22(15)13-16-5-3-2-4-6-16)9-10-24-21(23)19-12-17-7-8-18(19)11-17/h2-8,14,17-19H,9-13H2,1H3/q+1/t17-,18-,19+/m0/s1. The highest BCUT2D eigenvalue weighted by molar-refractivity contribution is 7.09. The predicted molar refractivity (Wildman–Crippen MR) is 98.3 cm³/mol. The SMILES string of the molecule is Cc1c(CCOC(=O)[C@@H]2C[C@H]3C=C[C@H]2C3)sc[n+]1Cc1ccccc1. The third-order valence-electron chi connectivity index (χ3n) is 5.51. The molecule has 1 heterocycles. The summed E-state index contributed by atoms with van der Waals surface area (Å²) in [6, 6.07) is 10.5. The smallest absolute Gasteiger partial charge is 0.309 e. The van der Waals surface area contributed by atoms with Gasteiger partial charge in [0.15, 0.2) is 12.2 Å². The molecule has 0 N–H and O–H groups in total. The van der Waals surface area contributed by atoms with Gasteiger partial charge < -0.3 is 4.74 Å². The van der Waals surface area contributed by atoms with Crippen LogP contribution in [0.4, 0.5) is 0 Å².